The minimum Gasteiger partial charge on any atom is -0.380 e. The van der Waals surface area contributed by atoms with E-state index in [0.717, 1.165) is 11.3 Å². The molecule has 0 aromatic carbocycles. The van der Waals surface area contributed by atoms with E-state index in [9.17, 15) is 4.79 Å². The lowest BCUT2D eigenvalue weighted by molar-refractivity contribution is 0.0871. The molecule has 0 bridgehead atoms. The first kappa shape index (κ1) is 12.4. The molecule has 1 amide bonds. The Morgan fingerprint density at radius 1 is 1.67 bits per heavy atom. The van der Waals surface area contributed by atoms with Crippen molar-refractivity contribution in [3.63, 3.8) is 0 Å². The summed E-state index contributed by atoms with van der Waals surface area (Å²) in [5, 5.41) is 10.2. The number of carbonyl (C=O) groups is 1. The molecule has 0 saturated heterocycles. The van der Waals surface area contributed by atoms with Gasteiger partial charge in [0.25, 0.3) is 5.91 Å². The van der Waals surface area contributed by atoms with Gasteiger partial charge in [0.2, 0.25) is 9.47 Å². The zero-order valence-electron chi connectivity index (χ0n) is 8.49. The predicted octanol–water partition coefficient (Wildman–Crippen LogP) is 1.35. The standard InChI is InChI=1S/C8H12ClN3O2S/c1-3-14-4-5(2)10-6(13)7-11-12-8(9)15-7/h5H,3-4H2,1-2H3,(H,10,13). The van der Waals surface area contributed by atoms with Crippen molar-refractivity contribution in [3.8, 4) is 0 Å². The lowest BCUT2D eigenvalue weighted by Gasteiger charge is -2.11. The van der Waals surface area contributed by atoms with Crippen LogP contribution >= 0.6 is 22.9 Å². The van der Waals surface area contributed by atoms with Gasteiger partial charge in [-0.25, -0.2) is 0 Å². The van der Waals surface area contributed by atoms with Gasteiger partial charge in [0.05, 0.1) is 6.61 Å². The molecule has 7 heteroatoms. The maximum absolute atomic E-state index is 11.5. The summed E-state index contributed by atoms with van der Waals surface area (Å²) in [6.45, 7) is 4.87. The molecule has 0 spiro atoms. The van der Waals surface area contributed by atoms with Gasteiger partial charge < -0.3 is 10.1 Å². The van der Waals surface area contributed by atoms with Crippen LogP contribution in [-0.2, 0) is 4.74 Å². The number of aromatic nitrogens is 2. The maximum Gasteiger partial charge on any atom is 0.282 e. The Morgan fingerprint density at radius 2 is 2.40 bits per heavy atom. The first-order chi connectivity index (χ1) is 7.13. The van der Waals surface area contributed by atoms with Crippen molar-refractivity contribution in [3.05, 3.63) is 9.47 Å². The number of amides is 1. The van der Waals surface area contributed by atoms with E-state index < -0.39 is 0 Å². The highest BCUT2D eigenvalue weighted by molar-refractivity contribution is 7.17. The zero-order chi connectivity index (χ0) is 11.3. The van der Waals surface area contributed by atoms with Crippen LogP contribution in [0.3, 0.4) is 0 Å². The van der Waals surface area contributed by atoms with Gasteiger partial charge in [-0.05, 0) is 25.4 Å². The van der Waals surface area contributed by atoms with Gasteiger partial charge in [-0.3, -0.25) is 4.79 Å². The number of halogens is 1. The van der Waals surface area contributed by atoms with Crippen LogP contribution in [0.15, 0.2) is 0 Å². The lowest BCUT2D eigenvalue weighted by Crippen LogP contribution is -2.35. The van der Waals surface area contributed by atoms with Crippen molar-refractivity contribution < 1.29 is 9.53 Å². The molecule has 0 saturated carbocycles. The minimum absolute atomic E-state index is 0.0554. The molecule has 0 fully saturated rings. The second kappa shape index (κ2) is 5.99. The number of rotatable bonds is 5. The summed E-state index contributed by atoms with van der Waals surface area (Å²) in [6.07, 6.45) is 0. The maximum atomic E-state index is 11.5. The number of hydrogen-bond acceptors (Lipinski definition) is 5. The minimum atomic E-state index is -0.272. The average molecular weight is 250 g/mol. The van der Waals surface area contributed by atoms with Crippen LogP contribution in [0.1, 0.15) is 23.6 Å². The van der Waals surface area contributed by atoms with E-state index >= 15 is 0 Å². The van der Waals surface area contributed by atoms with Crippen LogP contribution < -0.4 is 5.32 Å². The average Bonchev–Trinajstić information content (AvgIpc) is 2.61. The lowest BCUT2D eigenvalue weighted by atomic mass is 10.3. The Labute approximate surface area is 96.8 Å². The number of ether oxygens (including phenoxy) is 1. The molecule has 1 unspecified atom stereocenters. The molecule has 15 heavy (non-hydrogen) atoms. The summed E-state index contributed by atoms with van der Waals surface area (Å²) in [5.41, 5.74) is 0. The second-order valence-electron chi connectivity index (χ2n) is 2.89. The fourth-order valence-corrected chi connectivity index (χ4v) is 1.65. The molecule has 0 aliphatic rings. The van der Waals surface area contributed by atoms with Crippen molar-refractivity contribution in [2.75, 3.05) is 13.2 Å². The summed E-state index contributed by atoms with van der Waals surface area (Å²) in [6, 6.07) is -0.0554. The van der Waals surface area contributed by atoms with Crippen molar-refractivity contribution in [1.29, 1.82) is 0 Å². The number of nitrogens with one attached hydrogen (secondary N) is 1. The van der Waals surface area contributed by atoms with E-state index in [2.05, 4.69) is 15.5 Å². The molecular formula is C8H12ClN3O2S. The Kier molecular flexibility index (Phi) is 4.93. The molecule has 1 N–H and O–H groups in total. The normalized spacial score (nSPS) is 12.5. The van der Waals surface area contributed by atoms with Crippen LogP contribution in [0.25, 0.3) is 0 Å². The molecule has 1 rings (SSSR count). The predicted molar refractivity (Wildman–Crippen MR) is 58.3 cm³/mol. The third kappa shape index (κ3) is 4.11. The van der Waals surface area contributed by atoms with Crippen molar-refractivity contribution in [1.82, 2.24) is 15.5 Å². The van der Waals surface area contributed by atoms with Gasteiger partial charge in [0.15, 0.2) is 0 Å². The molecule has 0 aliphatic heterocycles. The van der Waals surface area contributed by atoms with Crippen molar-refractivity contribution in [2.45, 2.75) is 19.9 Å². The molecule has 1 heterocycles. The van der Waals surface area contributed by atoms with Crippen molar-refractivity contribution >= 4 is 28.8 Å². The third-order valence-corrected chi connectivity index (χ3v) is 2.56. The summed E-state index contributed by atoms with van der Waals surface area (Å²) in [5.74, 6) is -0.272. The summed E-state index contributed by atoms with van der Waals surface area (Å²) in [7, 11) is 0. The van der Waals surface area contributed by atoms with Gasteiger partial charge in [0, 0.05) is 12.6 Å². The molecule has 1 aromatic heterocycles. The molecule has 84 valence electrons. The Balaban J connectivity index is 2.42. The molecular weight excluding hydrogens is 238 g/mol. The smallest absolute Gasteiger partial charge is 0.282 e. The molecule has 1 aromatic rings. The molecule has 5 nitrogen and oxygen atoms in total. The van der Waals surface area contributed by atoms with E-state index in [4.69, 9.17) is 16.3 Å². The molecule has 0 radical (unpaired) electrons. The third-order valence-electron chi connectivity index (χ3n) is 1.54. The quantitative estimate of drug-likeness (QED) is 0.856. The Morgan fingerprint density at radius 3 is 2.93 bits per heavy atom. The summed E-state index contributed by atoms with van der Waals surface area (Å²) in [4.78, 5) is 11.5. The SMILES string of the molecule is CCOCC(C)NC(=O)c1nnc(Cl)s1. The fourth-order valence-electron chi connectivity index (χ4n) is 0.919. The highest BCUT2D eigenvalue weighted by atomic mass is 35.5. The van der Waals surface area contributed by atoms with Crippen LogP contribution in [0.2, 0.25) is 4.47 Å². The summed E-state index contributed by atoms with van der Waals surface area (Å²) < 4.78 is 5.43. The number of carbonyl (C=O) groups excluding carboxylic acids is 1. The van der Waals surface area contributed by atoms with Crippen LogP contribution in [0.4, 0.5) is 0 Å². The van der Waals surface area contributed by atoms with Crippen molar-refractivity contribution in [2.24, 2.45) is 0 Å². The number of nitrogens with zero attached hydrogens (tertiary/aromatic N) is 2. The Hall–Kier alpha value is -0.720. The van der Waals surface area contributed by atoms with Gasteiger partial charge >= 0.3 is 0 Å². The highest BCUT2D eigenvalue weighted by Crippen LogP contribution is 2.14. The van der Waals surface area contributed by atoms with E-state index in [-0.39, 0.29) is 21.4 Å². The zero-order valence-corrected chi connectivity index (χ0v) is 10.1. The highest BCUT2D eigenvalue weighted by Gasteiger charge is 2.14. The van der Waals surface area contributed by atoms with Gasteiger partial charge in [0.1, 0.15) is 0 Å². The molecule has 0 aliphatic carbocycles. The van der Waals surface area contributed by atoms with Crippen LogP contribution in [0.5, 0.6) is 0 Å². The largest absolute Gasteiger partial charge is 0.380 e. The fraction of sp³-hybridized carbons (Fsp3) is 0.625. The van der Waals surface area contributed by atoms with Gasteiger partial charge in [-0.2, -0.15) is 0 Å². The monoisotopic (exact) mass is 249 g/mol. The molecule has 1 atom stereocenters. The van der Waals surface area contributed by atoms with Gasteiger partial charge in [-0.15, -0.1) is 10.2 Å². The number of hydrogen-bond donors (Lipinski definition) is 1. The summed E-state index contributed by atoms with van der Waals surface area (Å²) >= 11 is 6.62. The van der Waals surface area contributed by atoms with Gasteiger partial charge in [-0.1, -0.05) is 11.3 Å². The van der Waals surface area contributed by atoms with Crippen LogP contribution in [-0.4, -0.2) is 35.4 Å². The second-order valence-corrected chi connectivity index (χ2v) is 4.45. The first-order valence-corrected chi connectivity index (χ1v) is 5.70. The van der Waals surface area contributed by atoms with Crippen LogP contribution in [0, 0.1) is 0 Å². The van der Waals surface area contributed by atoms with E-state index in [1.807, 2.05) is 13.8 Å². The van der Waals surface area contributed by atoms with E-state index in [1.54, 1.807) is 0 Å². The van der Waals surface area contributed by atoms with E-state index in [0.29, 0.717) is 13.2 Å². The topological polar surface area (TPSA) is 64.1 Å². The van der Waals surface area contributed by atoms with E-state index in [1.165, 1.54) is 0 Å². The Bertz CT molecular complexity index is 331. The first-order valence-electron chi connectivity index (χ1n) is 4.51.